The Labute approximate surface area is 171 Å². The first-order chi connectivity index (χ1) is 13.7. The molecule has 158 valence electrons. The Hall–Kier alpha value is -1.84. The lowest BCUT2D eigenvalue weighted by atomic mass is 9.96. The normalized spacial score (nSPS) is 23.3. The summed E-state index contributed by atoms with van der Waals surface area (Å²) >= 11 is 0. The van der Waals surface area contributed by atoms with Crippen molar-refractivity contribution in [3.05, 3.63) is 47.3 Å². The van der Waals surface area contributed by atoms with Crippen LogP contribution in [0.5, 0.6) is 0 Å². The van der Waals surface area contributed by atoms with Crippen molar-refractivity contribution < 1.29 is 19.2 Å². The molecule has 4 heteroatoms. The highest BCUT2D eigenvalue weighted by Crippen LogP contribution is 2.31. The molecule has 0 saturated carbocycles. The Balaban J connectivity index is 1.94. The van der Waals surface area contributed by atoms with Crippen LogP contribution < -0.4 is 0 Å². The van der Waals surface area contributed by atoms with E-state index in [0.29, 0.717) is 36.9 Å². The largest absolute Gasteiger partial charge is 0.462 e. The maximum atomic E-state index is 5.86. The van der Waals surface area contributed by atoms with Crippen LogP contribution >= 0.6 is 0 Å². The van der Waals surface area contributed by atoms with Crippen LogP contribution in [0, 0.1) is 11.8 Å². The summed E-state index contributed by atoms with van der Waals surface area (Å²) in [5.41, 5.74) is 2.32. The lowest BCUT2D eigenvalue weighted by Crippen LogP contribution is -2.20. The first kappa shape index (κ1) is 22.4. The van der Waals surface area contributed by atoms with Crippen molar-refractivity contribution >= 4 is 0 Å². The second kappa shape index (κ2) is 12.6. The average Bonchev–Trinajstić information content (AvgIpc) is 2.73. The molecule has 0 saturated heterocycles. The minimum atomic E-state index is 0.417. The van der Waals surface area contributed by atoms with Crippen molar-refractivity contribution in [1.29, 1.82) is 0 Å². The second-order valence-electron chi connectivity index (χ2n) is 7.64. The third-order valence-corrected chi connectivity index (χ3v) is 5.23. The van der Waals surface area contributed by atoms with Crippen molar-refractivity contribution in [2.45, 2.75) is 79.1 Å². The Morgan fingerprint density at radius 3 is 1.54 bits per heavy atom. The van der Waals surface area contributed by atoms with Crippen molar-refractivity contribution in [2.75, 3.05) is 13.2 Å². The predicted molar refractivity (Wildman–Crippen MR) is 113 cm³/mol. The zero-order valence-corrected chi connectivity index (χ0v) is 18.2. The molecule has 28 heavy (non-hydrogen) atoms. The molecule has 2 aliphatic heterocycles. The number of allylic oxidation sites excluding steroid dienone is 4. The summed E-state index contributed by atoms with van der Waals surface area (Å²) in [6, 6.07) is 0. The number of hydrogen-bond donors (Lipinski definition) is 0. The molecule has 0 spiro atoms. The number of rotatable bonds is 11. The van der Waals surface area contributed by atoms with E-state index in [4.69, 9.17) is 19.2 Å². The van der Waals surface area contributed by atoms with E-state index in [2.05, 4.69) is 52.0 Å². The van der Waals surface area contributed by atoms with E-state index in [1.54, 1.807) is 0 Å². The van der Waals surface area contributed by atoms with Gasteiger partial charge in [-0.3, -0.25) is 0 Å². The Kier molecular flexibility index (Phi) is 10.1. The summed E-state index contributed by atoms with van der Waals surface area (Å²) in [5.74, 6) is 1.86. The number of ether oxygens (including phenoxy) is 2. The molecule has 0 N–H and O–H groups in total. The number of unbranched alkanes of at least 4 members (excludes halogenated alkanes) is 2. The molecule has 4 nitrogen and oxygen atoms in total. The van der Waals surface area contributed by atoms with Gasteiger partial charge >= 0.3 is 11.9 Å². The lowest BCUT2D eigenvalue weighted by Gasteiger charge is -2.27. The third-order valence-electron chi connectivity index (χ3n) is 5.23. The molecule has 0 amide bonds. The van der Waals surface area contributed by atoms with E-state index in [0.717, 1.165) is 49.7 Å². The molecule has 0 radical (unpaired) electrons. The molecule has 0 aromatic heterocycles. The second-order valence-corrected chi connectivity index (χ2v) is 7.64. The van der Waals surface area contributed by atoms with E-state index >= 15 is 0 Å². The fraction of sp³-hybridized carbons (Fsp3) is 0.667. The van der Waals surface area contributed by atoms with Crippen LogP contribution in [0.15, 0.2) is 47.3 Å². The van der Waals surface area contributed by atoms with Gasteiger partial charge in [0.05, 0.1) is 13.2 Å². The lowest BCUT2D eigenvalue weighted by molar-refractivity contribution is -0.298. The first-order valence-corrected chi connectivity index (χ1v) is 11.1. The Morgan fingerprint density at radius 2 is 1.18 bits per heavy atom. The molecule has 0 aliphatic carbocycles. The minimum Gasteiger partial charge on any atom is -0.462 e. The summed E-state index contributed by atoms with van der Waals surface area (Å²) in [5, 5.41) is 0. The van der Waals surface area contributed by atoms with Crippen LogP contribution in [0.25, 0.3) is 0 Å². The molecule has 2 aliphatic rings. The fourth-order valence-corrected chi connectivity index (χ4v) is 3.46. The van der Waals surface area contributed by atoms with Crippen molar-refractivity contribution in [3.8, 4) is 0 Å². The van der Waals surface area contributed by atoms with Gasteiger partial charge in [-0.05, 0) is 38.5 Å². The molecule has 0 fully saturated rings. The minimum absolute atomic E-state index is 0.417. The SMILES string of the molecule is CCC/C=C\[C@H]1COC(OOC2=C(CC)C[C@@H](/C=C\CCC)CO2)=C(CC)C1. The molecule has 0 unspecified atom stereocenters. The van der Waals surface area contributed by atoms with Gasteiger partial charge in [0, 0.05) is 23.0 Å². The summed E-state index contributed by atoms with van der Waals surface area (Å²) in [7, 11) is 0. The van der Waals surface area contributed by atoms with Crippen LogP contribution in [-0.2, 0) is 19.2 Å². The summed E-state index contributed by atoms with van der Waals surface area (Å²) < 4.78 is 11.7. The van der Waals surface area contributed by atoms with E-state index in [-0.39, 0.29) is 0 Å². The molecule has 2 atom stereocenters. The van der Waals surface area contributed by atoms with Gasteiger partial charge in [-0.15, -0.1) is 0 Å². The van der Waals surface area contributed by atoms with Gasteiger partial charge in [-0.2, -0.15) is 0 Å². The van der Waals surface area contributed by atoms with Gasteiger partial charge in [0.1, 0.15) is 0 Å². The summed E-state index contributed by atoms with van der Waals surface area (Å²) in [6.45, 7) is 9.90. The van der Waals surface area contributed by atoms with Crippen LogP contribution in [0.2, 0.25) is 0 Å². The van der Waals surface area contributed by atoms with E-state index in [1.165, 1.54) is 12.8 Å². The zero-order valence-electron chi connectivity index (χ0n) is 18.2. The van der Waals surface area contributed by atoms with E-state index in [9.17, 15) is 0 Å². The maximum Gasteiger partial charge on any atom is 0.329 e. The van der Waals surface area contributed by atoms with Gasteiger partial charge in [0.15, 0.2) is 0 Å². The molecule has 0 aromatic carbocycles. The average molecular weight is 391 g/mol. The Morgan fingerprint density at radius 1 is 0.750 bits per heavy atom. The highest BCUT2D eigenvalue weighted by atomic mass is 17.2. The van der Waals surface area contributed by atoms with E-state index in [1.807, 2.05) is 0 Å². The highest BCUT2D eigenvalue weighted by Gasteiger charge is 2.25. The monoisotopic (exact) mass is 390 g/mol. The highest BCUT2D eigenvalue weighted by molar-refractivity contribution is 5.12. The molecule has 2 rings (SSSR count). The third kappa shape index (κ3) is 6.96. The van der Waals surface area contributed by atoms with Gasteiger partial charge in [-0.25, -0.2) is 9.78 Å². The van der Waals surface area contributed by atoms with E-state index < -0.39 is 0 Å². The first-order valence-electron chi connectivity index (χ1n) is 11.1. The van der Waals surface area contributed by atoms with Crippen LogP contribution in [0.3, 0.4) is 0 Å². The maximum absolute atomic E-state index is 5.86. The zero-order chi connectivity index (χ0) is 20.2. The summed E-state index contributed by atoms with van der Waals surface area (Å²) in [6.07, 6.45) is 17.3. The number of hydrogen-bond acceptors (Lipinski definition) is 4. The molecule has 2 heterocycles. The Bertz CT molecular complexity index is 533. The van der Waals surface area contributed by atoms with Gasteiger partial charge in [-0.1, -0.05) is 64.8 Å². The van der Waals surface area contributed by atoms with Gasteiger partial charge in [0.25, 0.3) is 0 Å². The van der Waals surface area contributed by atoms with Gasteiger partial charge < -0.3 is 9.47 Å². The quantitative estimate of drug-likeness (QED) is 0.217. The van der Waals surface area contributed by atoms with Crippen molar-refractivity contribution in [2.24, 2.45) is 11.8 Å². The van der Waals surface area contributed by atoms with Crippen molar-refractivity contribution in [1.82, 2.24) is 0 Å². The standard InChI is InChI=1S/C24H38O4/c1-5-9-11-13-19-15-21(7-3)23(25-17-19)27-28-24-22(8-4)16-20(18-26-24)14-12-10-6-2/h11-14,19-20H,5-10,15-18H2,1-4H3/b13-11-,14-12-/t19-,20-/m1/s1. The van der Waals surface area contributed by atoms with Crippen molar-refractivity contribution in [3.63, 3.8) is 0 Å². The van der Waals surface area contributed by atoms with Crippen LogP contribution in [0.4, 0.5) is 0 Å². The topological polar surface area (TPSA) is 36.9 Å². The van der Waals surface area contributed by atoms with Gasteiger partial charge in [0.2, 0.25) is 0 Å². The summed E-state index contributed by atoms with van der Waals surface area (Å²) in [4.78, 5) is 11.2. The smallest absolute Gasteiger partial charge is 0.329 e. The molecular weight excluding hydrogens is 352 g/mol. The van der Waals surface area contributed by atoms with Crippen LogP contribution in [0.1, 0.15) is 79.1 Å². The predicted octanol–water partition coefficient (Wildman–Crippen LogP) is 6.96. The molecule has 0 bridgehead atoms. The molecular formula is C24H38O4. The fourth-order valence-electron chi connectivity index (χ4n) is 3.46. The molecule has 0 aromatic rings. The van der Waals surface area contributed by atoms with Crippen LogP contribution in [-0.4, -0.2) is 13.2 Å².